The average molecular weight is 426 g/mol. The molecular formula is C25H19FN4O2. The highest BCUT2D eigenvalue weighted by atomic mass is 19.1. The van der Waals surface area contributed by atoms with Crippen LogP contribution in [0.4, 0.5) is 10.3 Å². The highest BCUT2D eigenvalue weighted by Crippen LogP contribution is 2.51. The van der Waals surface area contributed by atoms with Gasteiger partial charge in [0.15, 0.2) is 0 Å². The van der Waals surface area contributed by atoms with Crippen molar-refractivity contribution in [1.82, 2.24) is 14.8 Å². The molecule has 2 aliphatic heterocycles. The Morgan fingerprint density at radius 3 is 2.75 bits per heavy atom. The van der Waals surface area contributed by atoms with Crippen molar-refractivity contribution < 1.29 is 13.9 Å². The fourth-order valence-electron chi connectivity index (χ4n) is 4.49. The predicted molar refractivity (Wildman–Crippen MR) is 118 cm³/mol. The van der Waals surface area contributed by atoms with Crippen molar-refractivity contribution >= 4 is 11.6 Å². The fraction of sp³-hybridized carbons (Fsp3) is 0.120. The van der Waals surface area contributed by atoms with Crippen LogP contribution in [0.5, 0.6) is 11.5 Å². The molecule has 2 atom stereocenters. The first kappa shape index (κ1) is 18.6. The van der Waals surface area contributed by atoms with Gasteiger partial charge in [0, 0.05) is 22.3 Å². The number of benzene rings is 3. The van der Waals surface area contributed by atoms with Crippen molar-refractivity contribution in [2.75, 3.05) is 12.4 Å². The van der Waals surface area contributed by atoms with E-state index in [9.17, 15) is 0 Å². The van der Waals surface area contributed by atoms with E-state index in [4.69, 9.17) is 9.47 Å². The molecule has 1 N–H and O–H groups in total. The second-order valence-corrected chi connectivity index (χ2v) is 7.68. The topological polar surface area (TPSA) is 61.2 Å². The van der Waals surface area contributed by atoms with Gasteiger partial charge in [-0.25, -0.2) is 9.07 Å². The number of hydrogen-bond acceptors (Lipinski definition) is 5. The number of ether oxygens (including phenoxy) is 2. The maximum Gasteiger partial charge on any atom is 0.226 e. The van der Waals surface area contributed by atoms with Crippen LogP contribution in [0, 0.1) is 5.82 Å². The number of methoxy groups -OCH3 is 1. The molecule has 0 saturated carbocycles. The summed E-state index contributed by atoms with van der Waals surface area (Å²) >= 11 is 0. The first-order chi connectivity index (χ1) is 15.7. The molecule has 3 aromatic carbocycles. The summed E-state index contributed by atoms with van der Waals surface area (Å²) in [6, 6.07) is 21.8. The predicted octanol–water partition coefficient (Wildman–Crippen LogP) is 4.99. The molecule has 0 fully saturated rings. The number of hydrogen-bond donors (Lipinski definition) is 1. The van der Waals surface area contributed by atoms with Crippen LogP contribution in [-0.2, 0) is 0 Å². The summed E-state index contributed by atoms with van der Waals surface area (Å²) in [6.45, 7) is 0. The number of rotatable bonds is 3. The lowest BCUT2D eigenvalue weighted by atomic mass is 9.84. The van der Waals surface area contributed by atoms with Crippen LogP contribution in [-0.4, -0.2) is 21.9 Å². The molecule has 0 radical (unpaired) electrons. The van der Waals surface area contributed by atoms with Gasteiger partial charge in [0.2, 0.25) is 5.95 Å². The van der Waals surface area contributed by atoms with Crippen LogP contribution in [0.3, 0.4) is 0 Å². The van der Waals surface area contributed by atoms with Gasteiger partial charge in [-0.05, 0) is 30.3 Å². The zero-order chi connectivity index (χ0) is 21.7. The minimum absolute atomic E-state index is 0.309. The Labute approximate surface area is 183 Å². The van der Waals surface area contributed by atoms with Crippen molar-refractivity contribution in [2.45, 2.75) is 12.1 Å². The molecule has 2 aliphatic rings. The lowest BCUT2D eigenvalue weighted by Crippen LogP contribution is -2.32. The molecule has 0 amide bonds. The number of anilines is 1. The Balaban J connectivity index is 1.64. The second kappa shape index (κ2) is 7.23. The molecule has 0 bridgehead atoms. The minimum atomic E-state index is -0.533. The highest BCUT2D eigenvalue weighted by molar-refractivity contribution is 5.85. The molecule has 158 valence electrons. The van der Waals surface area contributed by atoms with Gasteiger partial charge in [-0.1, -0.05) is 42.5 Å². The zero-order valence-corrected chi connectivity index (χ0v) is 17.2. The van der Waals surface area contributed by atoms with E-state index < -0.39 is 12.1 Å². The van der Waals surface area contributed by atoms with Crippen molar-refractivity contribution in [1.29, 1.82) is 0 Å². The largest absolute Gasteiger partial charge is 0.497 e. The van der Waals surface area contributed by atoms with E-state index in [-0.39, 0.29) is 5.82 Å². The minimum Gasteiger partial charge on any atom is -0.497 e. The molecule has 32 heavy (non-hydrogen) atoms. The zero-order valence-electron chi connectivity index (χ0n) is 17.2. The highest BCUT2D eigenvalue weighted by Gasteiger charge is 2.41. The molecule has 0 saturated heterocycles. The summed E-state index contributed by atoms with van der Waals surface area (Å²) in [5.41, 5.74) is 4.02. The molecule has 7 heteroatoms. The molecule has 0 spiro atoms. The van der Waals surface area contributed by atoms with Gasteiger partial charge >= 0.3 is 0 Å². The van der Waals surface area contributed by atoms with E-state index in [2.05, 4.69) is 15.4 Å². The molecule has 1 aromatic heterocycles. The Morgan fingerprint density at radius 1 is 1.03 bits per heavy atom. The van der Waals surface area contributed by atoms with Gasteiger partial charge < -0.3 is 14.8 Å². The number of fused-ring (bicyclic) bond motifs is 3. The molecule has 6 nitrogen and oxygen atoms in total. The van der Waals surface area contributed by atoms with Crippen LogP contribution in [0.15, 0.2) is 84.7 Å². The summed E-state index contributed by atoms with van der Waals surface area (Å²) in [5, 5.41) is 7.84. The number of nitrogens with zero attached hydrogens (tertiary/aromatic N) is 3. The number of nitrogens with one attached hydrogen (secondary N) is 1. The summed E-state index contributed by atoms with van der Waals surface area (Å²) in [5.74, 6) is 1.71. The van der Waals surface area contributed by atoms with Crippen molar-refractivity contribution in [2.24, 2.45) is 0 Å². The van der Waals surface area contributed by atoms with Crippen LogP contribution in [0.2, 0.25) is 0 Å². The van der Waals surface area contributed by atoms with Crippen molar-refractivity contribution in [3.63, 3.8) is 0 Å². The van der Waals surface area contributed by atoms with Crippen LogP contribution in [0.1, 0.15) is 28.8 Å². The first-order valence-corrected chi connectivity index (χ1v) is 10.3. The third kappa shape index (κ3) is 2.78. The average Bonchev–Trinajstić information content (AvgIpc) is 3.31. The van der Waals surface area contributed by atoms with Crippen molar-refractivity contribution in [3.05, 3.63) is 107 Å². The maximum absolute atomic E-state index is 15.1. The quantitative estimate of drug-likeness (QED) is 0.500. The third-order valence-electron chi connectivity index (χ3n) is 5.92. The Morgan fingerprint density at radius 2 is 1.88 bits per heavy atom. The monoisotopic (exact) mass is 426 g/mol. The number of para-hydroxylation sites is 1. The summed E-state index contributed by atoms with van der Waals surface area (Å²) in [6.07, 6.45) is 0.992. The van der Waals surface area contributed by atoms with Gasteiger partial charge in [-0.3, -0.25) is 0 Å². The summed E-state index contributed by atoms with van der Waals surface area (Å²) < 4.78 is 28.8. The third-order valence-corrected chi connectivity index (χ3v) is 5.92. The molecular weight excluding hydrogens is 407 g/mol. The van der Waals surface area contributed by atoms with E-state index in [0.29, 0.717) is 11.5 Å². The lowest BCUT2D eigenvalue weighted by molar-refractivity contribution is 0.222. The number of aromatic nitrogens is 3. The van der Waals surface area contributed by atoms with Gasteiger partial charge in [-0.15, -0.1) is 0 Å². The van der Waals surface area contributed by atoms with Crippen LogP contribution in [0.25, 0.3) is 5.70 Å². The molecule has 6 rings (SSSR count). The molecule has 4 aromatic rings. The van der Waals surface area contributed by atoms with Crippen molar-refractivity contribution in [3.8, 4) is 11.5 Å². The molecule has 0 aliphatic carbocycles. The van der Waals surface area contributed by atoms with E-state index >= 15 is 4.39 Å². The summed E-state index contributed by atoms with van der Waals surface area (Å²) in [7, 11) is 1.63. The normalized spacial score (nSPS) is 18.7. The second-order valence-electron chi connectivity index (χ2n) is 7.68. The van der Waals surface area contributed by atoms with E-state index in [1.807, 2.05) is 54.6 Å². The standard InChI is InChI=1S/C25H19FN4O2/c1-31-16-8-6-7-15(13-16)24-21-22(18-10-3-5-12-20(18)32-24)29-25-27-14-28-30(25)23(21)17-9-2-4-11-19(17)26/h2-14,23-24H,1H3,(H,27,28,29)/t23-,24+/m1/s1. The van der Waals surface area contributed by atoms with Gasteiger partial charge in [-0.2, -0.15) is 10.1 Å². The molecule has 0 unspecified atom stereocenters. The number of halogens is 1. The lowest BCUT2D eigenvalue weighted by Gasteiger charge is -2.39. The maximum atomic E-state index is 15.1. The Hall–Kier alpha value is -4.13. The van der Waals surface area contributed by atoms with Gasteiger partial charge in [0.05, 0.1) is 12.8 Å². The van der Waals surface area contributed by atoms with E-state index in [0.717, 1.165) is 33.9 Å². The SMILES string of the molecule is COc1cccc([C@@H]2Oc3ccccc3C3=C2[C@@H](c2ccccc2F)n2ncnc2N3)c1. The Kier molecular flexibility index (Phi) is 4.21. The van der Waals surface area contributed by atoms with E-state index in [1.54, 1.807) is 23.9 Å². The fourth-order valence-corrected chi connectivity index (χ4v) is 4.49. The van der Waals surface area contributed by atoms with Crippen LogP contribution >= 0.6 is 0 Å². The van der Waals surface area contributed by atoms with Gasteiger partial charge in [0.1, 0.15) is 35.8 Å². The Bertz CT molecular complexity index is 1360. The smallest absolute Gasteiger partial charge is 0.226 e. The van der Waals surface area contributed by atoms with Crippen LogP contribution < -0.4 is 14.8 Å². The van der Waals surface area contributed by atoms with E-state index in [1.165, 1.54) is 12.4 Å². The molecule has 3 heterocycles. The van der Waals surface area contributed by atoms with Gasteiger partial charge in [0.25, 0.3) is 0 Å². The first-order valence-electron chi connectivity index (χ1n) is 10.3. The summed E-state index contributed by atoms with van der Waals surface area (Å²) in [4.78, 5) is 4.37.